The van der Waals surface area contributed by atoms with E-state index >= 15 is 0 Å². The van der Waals surface area contributed by atoms with E-state index in [1.165, 1.54) is 28.2 Å². The number of carbonyl (C=O) groups is 1. The molecular weight excluding hydrogens is 397 g/mol. The molecular formula is C22H24F3N2O3+. The van der Waals surface area contributed by atoms with Gasteiger partial charge in [0.2, 0.25) is 0 Å². The van der Waals surface area contributed by atoms with Crippen LogP contribution < -0.4 is 14.4 Å². The third kappa shape index (κ3) is 4.87. The molecule has 0 saturated carbocycles. The minimum Gasteiger partial charge on any atom is -0.493 e. The second-order valence-corrected chi connectivity index (χ2v) is 7.66. The molecule has 1 fully saturated rings. The quantitative estimate of drug-likeness (QED) is 0.803. The summed E-state index contributed by atoms with van der Waals surface area (Å²) in [5, 5.41) is 0. The van der Waals surface area contributed by atoms with Gasteiger partial charge in [-0.3, -0.25) is 4.79 Å². The van der Waals surface area contributed by atoms with Crippen molar-refractivity contribution in [1.82, 2.24) is 4.90 Å². The van der Waals surface area contributed by atoms with E-state index in [4.69, 9.17) is 9.47 Å². The van der Waals surface area contributed by atoms with Crippen molar-refractivity contribution in [3.63, 3.8) is 0 Å². The summed E-state index contributed by atoms with van der Waals surface area (Å²) < 4.78 is 49.2. The number of fused-ring (bicyclic) bond motifs is 1. The van der Waals surface area contributed by atoms with Crippen molar-refractivity contribution < 1.29 is 32.3 Å². The maximum Gasteiger partial charge on any atom is 0.416 e. The Labute approximate surface area is 173 Å². The highest BCUT2D eigenvalue weighted by Crippen LogP contribution is 2.31. The molecule has 2 heterocycles. The van der Waals surface area contributed by atoms with Crippen LogP contribution in [0.1, 0.15) is 16.7 Å². The van der Waals surface area contributed by atoms with Crippen LogP contribution in [-0.4, -0.2) is 50.2 Å². The number of ether oxygens (including phenoxy) is 2. The van der Waals surface area contributed by atoms with Crippen molar-refractivity contribution in [2.75, 3.05) is 39.4 Å². The average molecular weight is 421 g/mol. The molecule has 4 rings (SSSR count). The number of piperazine rings is 1. The van der Waals surface area contributed by atoms with Crippen LogP contribution in [-0.2, 0) is 23.9 Å². The van der Waals surface area contributed by atoms with Crippen molar-refractivity contribution in [2.24, 2.45) is 0 Å². The fraction of sp³-hybridized carbons (Fsp3) is 0.409. The summed E-state index contributed by atoms with van der Waals surface area (Å²) in [7, 11) is 0. The van der Waals surface area contributed by atoms with Crippen molar-refractivity contribution >= 4 is 5.91 Å². The highest BCUT2D eigenvalue weighted by Gasteiger charge is 2.31. The van der Waals surface area contributed by atoms with Crippen LogP contribution in [0.25, 0.3) is 0 Å². The molecule has 8 heteroatoms. The van der Waals surface area contributed by atoms with Crippen LogP contribution in [0.4, 0.5) is 13.2 Å². The van der Waals surface area contributed by atoms with Gasteiger partial charge in [-0.2, -0.15) is 13.2 Å². The van der Waals surface area contributed by atoms with E-state index < -0.39 is 11.7 Å². The van der Waals surface area contributed by atoms with Crippen molar-refractivity contribution in [2.45, 2.75) is 19.1 Å². The Kier molecular flexibility index (Phi) is 5.85. The third-order valence-electron chi connectivity index (χ3n) is 5.55. The van der Waals surface area contributed by atoms with E-state index in [0.717, 1.165) is 50.5 Å². The van der Waals surface area contributed by atoms with E-state index in [0.29, 0.717) is 13.1 Å². The zero-order chi connectivity index (χ0) is 21.1. The van der Waals surface area contributed by atoms with Crippen LogP contribution in [0.3, 0.4) is 0 Å². The summed E-state index contributed by atoms with van der Waals surface area (Å²) in [4.78, 5) is 15.5. The summed E-state index contributed by atoms with van der Waals surface area (Å²) in [5.41, 5.74) is 1.73. The first-order chi connectivity index (χ1) is 14.4. The van der Waals surface area contributed by atoms with Gasteiger partial charge in [-0.1, -0.05) is 6.07 Å². The van der Waals surface area contributed by atoms with Crippen LogP contribution in [0.2, 0.25) is 0 Å². The van der Waals surface area contributed by atoms with Crippen molar-refractivity contribution in [1.29, 1.82) is 0 Å². The second kappa shape index (κ2) is 8.55. The van der Waals surface area contributed by atoms with Gasteiger partial charge in [0.15, 0.2) is 6.61 Å². The smallest absolute Gasteiger partial charge is 0.416 e. The molecule has 1 saturated heterocycles. The molecule has 5 nitrogen and oxygen atoms in total. The maximum absolute atomic E-state index is 12.8. The number of benzene rings is 2. The van der Waals surface area contributed by atoms with Gasteiger partial charge in [-0.05, 0) is 42.0 Å². The minimum absolute atomic E-state index is 0.0445. The SMILES string of the molecule is O=C(COc1cccc(C(F)(F)F)c1)N1CC[NH+](Cc2ccc3c(c2)CCO3)CC1. The van der Waals surface area contributed by atoms with Crippen molar-refractivity contribution in [3.05, 3.63) is 59.2 Å². The van der Waals surface area contributed by atoms with Crippen LogP contribution in [0.5, 0.6) is 11.5 Å². The maximum atomic E-state index is 12.8. The molecule has 1 amide bonds. The molecule has 0 unspecified atom stereocenters. The molecule has 2 aromatic carbocycles. The first kappa shape index (κ1) is 20.5. The van der Waals surface area contributed by atoms with Gasteiger partial charge < -0.3 is 19.3 Å². The number of halogens is 3. The largest absolute Gasteiger partial charge is 0.493 e. The molecule has 2 aromatic rings. The summed E-state index contributed by atoms with van der Waals surface area (Å²) >= 11 is 0. The highest BCUT2D eigenvalue weighted by molar-refractivity contribution is 5.77. The molecule has 0 aliphatic carbocycles. The molecule has 30 heavy (non-hydrogen) atoms. The van der Waals surface area contributed by atoms with Gasteiger partial charge in [0.05, 0.1) is 38.3 Å². The number of hydrogen-bond donors (Lipinski definition) is 1. The average Bonchev–Trinajstić information content (AvgIpc) is 3.20. The topological polar surface area (TPSA) is 43.2 Å². The zero-order valence-electron chi connectivity index (χ0n) is 16.5. The first-order valence-corrected chi connectivity index (χ1v) is 10.0. The van der Waals surface area contributed by atoms with Gasteiger partial charge in [-0.25, -0.2) is 0 Å². The molecule has 1 N–H and O–H groups in total. The van der Waals surface area contributed by atoms with Crippen molar-refractivity contribution in [3.8, 4) is 11.5 Å². The first-order valence-electron chi connectivity index (χ1n) is 10.0. The molecule has 0 bridgehead atoms. The fourth-order valence-electron chi connectivity index (χ4n) is 3.89. The standard InChI is InChI=1S/C22H23F3N2O3/c23-22(24,25)18-2-1-3-19(13-18)30-15-21(28)27-9-7-26(8-10-27)14-16-4-5-20-17(12-16)6-11-29-20/h1-5,12-13H,6-11,14-15H2/p+1. The second-order valence-electron chi connectivity index (χ2n) is 7.66. The van der Waals surface area contributed by atoms with Gasteiger partial charge in [-0.15, -0.1) is 0 Å². The number of hydrogen-bond acceptors (Lipinski definition) is 3. The van der Waals surface area contributed by atoms with E-state index in [2.05, 4.69) is 12.1 Å². The molecule has 2 aliphatic rings. The third-order valence-corrected chi connectivity index (χ3v) is 5.55. The van der Waals surface area contributed by atoms with E-state index in [1.807, 2.05) is 6.07 Å². The Balaban J connectivity index is 1.24. The van der Waals surface area contributed by atoms with Gasteiger partial charge in [0.25, 0.3) is 5.91 Å². The number of nitrogens with one attached hydrogen (secondary N) is 1. The number of rotatable bonds is 5. The summed E-state index contributed by atoms with van der Waals surface area (Å²) in [6.45, 7) is 4.24. The highest BCUT2D eigenvalue weighted by atomic mass is 19.4. The molecule has 0 aromatic heterocycles. The fourth-order valence-corrected chi connectivity index (χ4v) is 3.89. The van der Waals surface area contributed by atoms with Gasteiger partial charge in [0.1, 0.15) is 18.0 Å². The summed E-state index contributed by atoms with van der Waals surface area (Å²) in [5.74, 6) is 0.814. The lowest BCUT2D eigenvalue weighted by molar-refractivity contribution is -0.917. The predicted octanol–water partition coefficient (Wildman–Crippen LogP) is 1.95. The normalized spacial score (nSPS) is 16.8. The van der Waals surface area contributed by atoms with Gasteiger partial charge in [0, 0.05) is 12.0 Å². The Morgan fingerprint density at radius 2 is 1.93 bits per heavy atom. The molecule has 0 radical (unpaired) electrons. The molecule has 160 valence electrons. The van der Waals surface area contributed by atoms with E-state index in [1.54, 1.807) is 4.90 Å². The lowest BCUT2D eigenvalue weighted by atomic mass is 10.1. The van der Waals surface area contributed by atoms with Crippen LogP contribution in [0.15, 0.2) is 42.5 Å². The monoisotopic (exact) mass is 421 g/mol. The number of quaternary nitrogens is 1. The van der Waals surface area contributed by atoms with Crippen LogP contribution in [0, 0.1) is 0 Å². The zero-order valence-corrected chi connectivity index (χ0v) is 16.5. The van der Waals surface area contributed by atoms with E-state index in [-0.39, 0.29) is 18.3 Å². The lowest BCUT2D eigenvalue weighted by Gasteiger charge is -2.32. The Hall–Kier alpha value is -2.74. The number of carbonyl (C=O) groups excluding carboxylic acids is 1. The lowest BCUT2D eigenvalue weighted by Crippen LogP contribution is -3.13. The van der Waals surface area contributed by atoms with E-state index in [9.17, 15) is 18.0 Å². The number of alkyl halides is 3. The summed E-state index contributed by atoms with van der Waals surface area (Å²) in [6, 6.07) is 10.9. The molecule has 0 spiro atoms. The Morgan fingerprint density at radius 3 is 2.70 bits per heavy atom. The number of nitrogens with zero attached hydrogens (tertiary/aromatic N) is 1. The Morgan fingerprint density at radius 1 is 1.13 bits per heavy atom. The minimum atomic E-state index is -4.44. The summed E-state index contributed by atoms with van der Waals surface area (Å²) in [6.07, 6.45) is -3.49. The van der Waals surface area contributed by atoms with Gasteiger partial charge >= 0.3 is 6.18 Å². The molecule has 2 aliphatic heterocycles. The predicted molar refractivity (Wildman–Crippen MR) is 104 cm³/mol. The van der Waals surface area contributed by atoms with Crippen LogP contribution >= 0.6 is 0 Å². The molecule has 0 atom stereocenters. The Bertz CT molecular complexity index is 909. The number of amides is 1.